The Morgan fingerprint density at radius 3 is 1.52 bits per heavy atom. The van der Waals surface area contributed by atoms with Gasteiger partial charge in [-0.2, -0.15) is 0 Å². The molecule has 0 radical (unpaired) electrons. The van der Waals surface area contributed by atoms with Crippen LogP contribution in [0.25, 0.3) is 78.0 Å². The number of aromatic nitrogens is 3. The lowest BCUT2D eigenvalue weighted by molar-refractivity contribution is 1.07. The fourth-order valence-electron chi connectivity index (χ4n) is 6.60. The summed E-state index contributed by atoms with van der Waals surface area (Å²) in [7, 11) is 0. The molecule has 0 unspecified atom stereocenters. The fraction of sp³-hybridized carbons (Fsp3) is 0.0233. The van der Waals surface area contributed by atoms with E-state index in [0.29, 0.717) is 17.5 Å². The molecule has 8 aromatic rings. The second-order valence-electron chi connectivity index (χ2n) is 11.9. The van der Waals surface area contributed by atoms with E-state index >= 15 is 0 Å². The first-order valence-electron chi connectivity index (χ1n) is 16.1. The van der Waals surface area contributed by atoms with Gasteiger partial charge in [0.05, 0.1) is 17.9 Å². The van der Waals surface area contributed by atoms with Gasteiger partial charge in [-0.1, -0.05) is 133 Å². The standard InChI is InChI=1S/C43H29N5/c1-3-11-28(12-4-1)41-46-42(29-13-5-2-6-14-29)48-43(47-41)34-18-10-17-32(26-34)30-15-9-16-31(25-30)33-21-22-37-38(27-33)35-19-7-8-20-36(35)39-40(37)45-24-23-44-39/h1-22,24-27,44H,23H2. The second-order valence-corrected chi connectivity index (χ2v) is 11.9. The molecule has 1 N–H and O–H groups in total. The topological polar surface area (TPSA) is 63.1 Å². The van der Waals surface area contributed by atoms with Gasteiger partial charge in [0.2, 0.25) is 0 Å². The molecule has 1 aliphatic heterocycles. The van der Waals surface area contributed by atoms with Crippen LogP contribution in [0.1, 0.15) is 0 Å². The van der Waals surface area contributed by atoms with Crippen LogP contribution in [-0.4, -0.2) is 27.7 Å². The average Bonchev–Trinajstić information content (AvgIpc) is 3.18. The number of nitrogens with zero attached hydrogens (tertiary/aromatic N) is 4. The Morgan fingerprint density at radius 1 is 0.375 bits per heavy atom. The summed E-state index contributed by atoms with van der Waals surface area (Å²) in [5, 5.41) is 8.33. The van der Waals surface area contributed by atoms with E-state index in [1.54, 1.807) is 0 Å². The van der Waals surface area contributed by atoms with E-state index < -0.39 is 0 Å². The number of nitrogens with one attached hydrogen (secondary N) is 1. The Morgan fingerprint density at radius 2 is 0.875 bits per heavy atom. The van der Waals surface area contributed by atoms with Crippen LogP contribution >= 0.6 is 0 Å². The highest BCUT2D eigenvalue weighted by Gasteiger charge is 2.17. The molecule has 5 nitrogen and oxygen atoms in total. The predicted molar refractivity (Wildman–Crippen MR) is 199 cm³/mol. The third kappa shape index (κ3) is 4.99. The molecule has 0 saturated carbocycles. The summed E-state index contributed by atoms with van der Waals surface area (Å²) >= 11 is 0. The Bertz CT molecular complexity index is 2450. The van der Waals surface area contributed by atoms with Crippen LogP contribution in [0.4, 0.5) is 11.4 Å². The van der Waals surface area contributed by atoms with E-state index in [4.69, 9.17) is 19.9 Å². The Balaban J connectivity index is 1.13. The maximum Gasteiger partial charge on any atom is 0.164 e. The number of fused-ring (bicyclic) bond motifs is 6. The molecule has 0 saturated heterocycles. The zero-order chi connectivity index (χ0) is 31.9. The van der Waals surface area contributed by atoms with Gasteiger partial charge in [-0.25, -0.2) is 15.0 Å². The summed E-state index contributed by atoms with van der Waals surface area (Å²) in [6.45, 7) is 0.740. The normalized spacial score (nSPS) is 12.2. The van der Waals surface area contributed by atoms with Gasteiger partial charge in [0, 0.05) is 33.7 Å². The molecule has 1 aliphatic rings. The van der Waals surface area contributed by atoms with Gasteiger partial charge in [-0.15, -0.1) is 0 Å². The number of hydrogen-bond acceptors (Lipinski definition) is 5. The van der Waals surface area contributed by atoms with Crippen LogP contribution in [0.15, 0.2) is 157 Å². The van der Waals surface area contributed by atoms with E-state index in [0.717, 1.165) is 62.2 Å². The smallest absolute Gasteiger partial charge is 0.164 e. The third-order valence-corrected chi connectivity index (χ3v) is 8.94. The lowest BCUT2D eigenvalue weighted by Crippen LogP contribution is -2.07. The number of anilines is 1. The molecular weight excluding hydrogens is 587 g/mol. The van der Waals surface area contributed by atoms with Crippen molar-refractivity contribution < 1.29 is 0 Å². The van der Waals surface area contributed by atoms with Gasteiger partial charge in [-0.3, -0.25) is 4.99 Å². The summed E-state index contributed by atoms with van der Waals surface area (Å²) in [4.78, 5) is 19.6. The zero-order valence-electron chi connectivity index (χ0n) is 26.0. The summed E-state index contributed by atoms with van der Waals surface area (Å²) in [5.74, 6) is 1.94. The maximum absolute atomic E-state index is 4.95. The van der Waals surface area contributed by atoms with Crippen molar-refractivity contribution >= 4 is 39.1 Å². The van der Waals surface area contributed by atoms with Crippen molar-refractivity contribution in [2.75, 3.05) is 11.9 Å². The molecular formula is C43H29N5. The van der Waals surface area contributed by atoms with Gasteiger partial charge in [0.1, 0.15) is 0 Å². The molecule has 0 bridgehead atoms. The van der Waals surface area contributed by atoms with Gasteiger partial charge < -0.3 is 5.32 Å². The number of benzene rings is 7. The van der Waals surface area contributed by atoms with E-state index in [1.165, 1.54) is 16.2 Å². The van der Waals surface area contributed by atoms with Gasteiger partial charge in [0.15, 0.2) is 17.5 Å². The van der Waals surface area contributed by atoms with Crippen molar-refractivity contribution in [2.45, 2.75) is 0 Å². The lowest BCUT2D eigenvalue weighted by Gasteiger charge is -2.19. The fourth-order valence-corrected chi connectivity index (χ4v) is 6.60. The lowest BCUT2D eigenvalue weighted by atomic mass is 9.93. The molecule has 0 fully saturated rings. The van der Waals surface area contributed by atoms with Crippen molar-refractivity contribution in [3.05, 3.63) is 152 Å². The van der Waals surface area contributed by atoms with Crippen molar-refractivity contribution in [3.63, 3.8) is 0 Å². The first kappa shape index (κ1) is 27.8. The number of aliphatic imine (C=N–C) groups is 1. The first-order valence-corrected chi connectivity index (χ1v) is 16.1. The summed E-state index contributed by atoms with van der Waals surface area (Å²) < 4.78 is 0. The van der Waals surface area contributed by atoms with E-state index in [1.807, 2.05) is 66.9 Å². The minimum Gasteiger partial charge on any atom is -0.378 e. The van der Waals surface area contributed by atoms with Crippen molar-refractivity contribution in [1.82, 2.24) is 15.0 Å². The molecule has 0 aliphatic carbocycles. The largest absolute Gasteiger partial charge is 0.378 e. The molecule has 0 atom stereocenters. The maximum atomic E-state index is 4.95. The van der Waals surface area contributed by atoms with Crippen LogP contribution in [-0.2, 0) is 0 Å². The van der Waals surface area contributed by atoms with Gasteiger partial charge >= 0.3 is 0 Å². The van der Waals surface area contributed by atoms with Crippen molar-refractivity contribution in [1.29, 1.82) is 0 Å². The van der Waals surface area contributed by atoms with Gasteiger partial charge in [0.25, 0.3) is 0 Å². The minimum absolute atomic E-state index is 0.641. The molecule has 226 valence electrons. The van der Waals surface area contributed by atoms with Crippen LogP contribution in [0.5, 0.6) is 0 Å². The SMILES string of the molecule is C1=Nc2c(c3ccccc3c3cc(-c4cccc(-c5cccc(-c6nc(-c7ccccc7)nc(-c7ccccc7)n6)c5)c4)ccc23)NC1. The van der Waals surface area contributed by atoms with E-state index in [9.17, 15) is 0 Å². The molecule has 0 spiro atoms. The van der Waals surface area contributed by atoms with Crippen LogP contribution < -0.4 is 5.32 Å². The Hall–Kier alpha value is -6.46. The van der Waals surface area contributed by atoms with Crippen LogP contribution in [0.2, 0.25) is 0 Å². The molecule has 1 aromatic heterocycles. The highest BCUT2D eigenvalue weighted by molar-refractivity contribution is 6.21. The van der Waals surface area contributed by atoms with E-state index in [-0.39, 0.29) is 0 Å². The second kappa shape index (κ2) is 11.7. The molecule has 2 heterocycles. The zero-order valence-corrected chi connectivity index (χ0v) is 26.0. The molecule has 0 amide bonds. The monoisotopic (exact) mass is 615 g/mol. The Labute approximate surface area is 278 Å². The average molecular weight is 616 g/mol. The number of hydrogen-bond donors (Lipinski definition) is 1. The number of rotatable bonds is 5. The van der Waals surface area contributed by atoms with Crippen molar-refractivity contribution in [3.8, 4) is 56.4 Å². The summed E-state index contributed by atoms with van der Waals surface area (Å²) in [6.07, 6.45) is 1.95. The van der Waals surface area contributed by atoms with E-state index in [2.05, 4.69) is 96.3 Å². The van der Waals surface area contributed by atoms with Crippen LogP contribution in [0.3, 0.4) is 0 Å². The van der Waals surface area contributed by atoms with Crippen LogP contribution in [0, 0.1) is 0 Å². The molecule has 48 heavy (non-hydrogen) atoms. The Kier molecular flexibility index (Phi) is 6.79. The third-order valence-electron chi connectivity index (χ3n) is 8.94. The minimum atomic E-state index is 0.641. The predicted octanol–water partition coefficient (Wildman–Crippen LogP) is 10.6. The summed E-state index contributed by atoms with van der Waals surface area (Å²) in [5.41, 5.74) is 9.50. The quantitative estimate of drug-likeness (QED) is 0.196. The summed E-state index contributed by atoms with van der Waals surface area (Å²) in [6, 6.07) is 52.7. The van der Waals surface area contributed by atoms with Gasteiger partial charge in [-0.05, 0) is 51.2 Å². The van der Waals surface area contributed by atoms with Crippen molar-refractivity contribution in [2.24, 2.45) is 4.99 Å². The molecule has 7 aromatic carbocycles. The highest BCUT2D eigenvalue weighted by atomic mass is 15.0. The molecule has 5 heteroatoms. The molecule has 9 rings (SSSR count). The highest BCUT2D eigenvalue weighted by Crippen LogP contribution is 2.44. The first-order chi connectivity index (χ1) is 23.8.